The molecule has 1 aromatic heterocycles. The molecule has 0 aliphatic carbocycles. The minimum absolute atomic E-state index is 0.0639. The Bertz CT molecular complexity index is 1300. The zero-order valence-corrected chi connectivity index (χ0v) is 20.9. The van der Waals surface area contributed by atoms with Crippen LogP contribution in [-0.4, -0.2) is 71.8 Å². The summed E-state index contributed by atoms with van der Waals surface area (Å²) < 4.78 is 42.8. The fourth-order valence-electron chi connectivity index (χ4n) is 4.27. The van der Waals surface area contributed by atoms with Gasteiger partial charge in [0.1, 0.15) is 0 Å². The summed E-state index contributed by atoms with van der Waals surface area (Å²) in [5, 5.41) is 9.09. The van der Waals surface area contributed by atoms with E-state index in [9.17, 15) is 22.8 Å². The standard InChI is InChI=1S/C26H29F3N6O2/c1-17-4-5-18(12-22(17)20-14-31-35(16-20)25(37)30-2)24(36)32-21-7-6-19(23(13-21)26(27,28)29)15-34-10-8-33(3)9-11-34/h4-7,12-14,16H,8-11,15H2,1-3H3,(H,30,37)(H,32,36). The maximum absolute atomic E-state index is 13.9. The van der Waals surface area contributed by atoms with Crippen LogP contribution in [0.3, 0.4) is 0 Å². The average Bonchev–Trinajstić information content (AvgIpc) is 3.35. The number of benzene rings is 2. The zero-order chi connectivity index (χ0) is 26.7. The molecule has 0 unspecified atom stereocenters. The number of nitrogens with zero attached hydrogens (tertiary/aromatic N) is 4. The molecule has 0 bridgehead atoms. The van der Waals surface area contributed by atoms with Gasteiger partial charge in [-0.15, -0.1) is 0 Å². The molecule has 3 aromatic rings. The van der Waals surface area contributed by atoms with Crippen LogP contribution in [0.1, 0.15) is 27.0 Å². The molecule has 2 aromatic carbocycles. The molecule has 11 heteroatoms. The number of amides is 2. The van der Waals surface area contributed by atoms with Gasteiger partial charge in [-0.2, -0.15) is 23.0 Å². The van der Waals surface area contributed by atoms with Gasteiger partial charge >= 0.3 is 12.2 Å². The van der Waals surface area contributed by atoms with Crippen LogP contribution in [0.2, 0.25) is 0 Å². The second kappa shape index (κ2) is 10.7. The summed E-state index contributed by atoms with van der Waals surface area (Å²) in [7, 11) is 3.48. The number of rotatable bonds is 5. The summed E-state index contributed by atoms with van der Waals surface area (Å²) >= 11 is 0. The second-order valence-electron chi connectivity index (χ2n) is 9.16. The number of hydrogen-bond donors (Lipinski definition) is 2. The van der Waals surface area contributed by atoms with Crippen molar-refractivity contribution in [3.8, 4) is 11.1 Å². The highest BCUT2D eigenvalue weighted by Gasteiger charge is 2.34. The summed E-state index contributed by atoms with van der Waals surface area (Å²) in [6.07, 6.45) is -1.50. The molecule has 0 radical (unpaired) electrons. The van der Waals surface area contributed by atoms with Crippen molar-refractivity contribution >= 4 is 17.6 Å². The molecular formula is C26H29F3N6O2. The van der Waals surface area contributed by atoms with Gasteiger partial charge in [0.2, 0.25) is 0 Å². The predicted octanol–water partition coefficient (Wildman–Crippen LogP) is 4.06. The van der Waals surface area contributed by atoms with Crippen molar-refractivity contribution in [3.05, 3.63) is 71.0 Å². The van der Waals surface area contributed by atoms with E-state index in [0.29, 0.717) is 24.2 Å². The van der Waals surface area contributed by atoms with Crippen molar-refractivity contribution in [1.82, 2.24) is 24.9 Å². The van der Waals surface area contributed by atoms with Crippen molar-refractivity contribution < 1.29 is 22.8 Å². The van der Waals surface area contributed by atoms with E-state index < -0.39 is 23.7 Å². The van der Waals surface area contributed by atoms with E-state index in [1.807, 2.05) is 18.9 Å². The van der Waals surface area contributed by atoms with Crippen molar-refractivity contribution in [3.63, 3.8) is 0 Å². The summed E-state index contributed by atoms with van der Waals surface area (Å²) in [6, 6.07) is 8.49. The number of halogens is 3. The highest BCUT2D eigenvalue weighted by Crippen LogP contribution is 2.35. The number of aryl methyl sites for hydroxylation is 1. The highest BCUT2D eigenvalue weighted by molar-refractivity contribution is 6.05. The quantitative estimate of drug-likeness (QED) is 0.537. The van der Waals surface area contributed by atoms with Crippen LogP contribution in [0.5, 0.6) is 0 Å². The molecule has 1 fully saturated rings. The van der Waals surface area contributed by atoms with E-state index in [4.69, 9.17) is 0 Å². The van der Waals surface area contributed by atoms with E-state index in [2.05, 4.69) is 20.6 Å². The molecule has 0 spiro atoms. The molecule has 37 heavy (non-hydrogen) atoms. The largest absolute Gasteiger partial charge is 0.416 e. The van der Waals surface area contributed by atoms with Crippen LogP contribution in [0, 0.1) is 6.92 Å². The molecule has 2 N–H and O–H groups in total. The lowest BCUT2D eigenvalue weighted by molar-refractivity contribution is -0.138. The Morgan fingerprint density at radius 3 is 2.46 bits per heavy atom. The summed E-state index contributed by atoms with van der Waals surface area (Å²) in [5.41, 5.74) is 1.92. The fraction of sp³-hybridized carbons (Fsp3) is 0.346. The lowest BCUT2D eigenvalue weighted by atomic mass is 10.00. The van der Waals surface area contributed by atoms with Gasteiger partial charge in [-0.1, -0.05) is 12.1 Å². The van der Waals surface area contributed by atoms with Gasteiger partial charge in [0.15, 0.2) is 0 Å². The van der Waals surface area contributed by atoms with Crippen LogP contribution in [0.15, 0.2) is 48.8 Å². The number of piperazine rings is 1. The van der Waals surface area contributed by atoms with Crippen LogP contribution in [-0.2, 0) is 12.7 Å². The van der Waals surface area contributed by atoms with Gasteiger partial charge in [0, 0.05) is 62.8 Å². The molecule has 1 aliphatic heterocycles. The van der Waals surface area contributed by atoms with E-state index in [1.54, 1.807) is 18.2 Å². The molecule has 196 valence electrons. The lowest BCUT2D eigenvalue weighted by Gasteiger charge is -2.33. The van der Waals surface area contributed by atoms with E-state index in [0.717, 1.165) is 29.4 Å². The third kappa shape index (κ3) is 6.17. The van der Waals surface area contributed by atoms with Crippen molar-refractivity contribution in [1.29, 1.82) is 0 Å². The fourth-order valence-corrected chi connectivity index (χ4v) is 4.27. The number of hydrogen-bond acceptors (Lipinski definition) is 5. The Kier molecular flexibility index (Phi) is 7.65. The summed E-state index contributed by atoms with van der Waals surface area (Å²) in [6.45, 7) is 5.06. The number of alkyl halides is 3. The van der Waals surface area contributed by atoms with E-state index >= 15 is 0 Å². The van der Waals surface area contributed by atoms with Gasteiger partial charge in [0.05, 0.1) is 11.8 Å². The smallest absolute Gasteiger partial charge is 0.339 e. The molecule has 4 rings (SSSR count). The number of nitrogens with one attached hydrogen (secondary N) is 2. The molecule has 0 saturated carbocycles. The Morgan fingerprint density at radius 2 is 1.78 bits per heavy atom. The molecule has 2 amide bonds. The van der Waals surface area contributed by atoms with Gasteiger partial charge in [-0.3, -0.25) is 9.69 Å². The first-order valence-corrected chi connectivity index (χ1v) is 11.9. The highest BCUT2D eigenvalue weighted by atomic mass is 19.4. The average molecular weight is 515 g/mol. The normalized spacial score (nSPS) is 15.0. The Labute approximate surface area is 213 Å². The SMILES string of the molecule is CNC(=O)n1cc(-c2cc(C(=O)Nc3ccc(CN4CCN(C)CC4)c(C(F)(F)F)c3)ccc2C)cn1. The minimum atomic E-state index is -4.55. The van der Waals surface area contributed by atoms with Crippen LogP contribution < -0.4 is 10.6 Å². The van der Waals surface area contributed by atoms with E-state index in [-0.39, 0.29) is 23.4 Å². The van der Waals surface area contributed by atoms with Crippen molar-refractivity contribution in [2.24, 2.45) is 0 Å². The maximum Gasteiger partial charge on any atom is 0.416 e. The van der Waals surface area contributed by atoms with Crippen LogP contribution in [0.4, 0.5) is 23.7 Å². The first kappa shape index (κ1) is 26.4. The Morgan fingerprint density at radius 1 is 1.05 bits per heavy atom. The molecule has 1 saturated heterocycles. The number of carbonyl (C=O) groups is 2. The summed E-state index contributed by atoms with van der Waals surface area (Å²) in [5.74, 6) is -0.542. The minimum Gasteiger partial charge on any atom is -0.339 e. The second-order valence-corrected chi connectivity index (χ2v) is 9.16. The molecule has 2 heterocycles. The van der Waals surface area contributed by atoms with Gasteiger partial charge in [0.25, 0.3) is 5.91 Å². The van der Waals surface area contributed by atoms with Gasteiger partial charge < -0.3 is 15.5 Å². The summed E-state index contributed by atoms with van der Waals surface area (Å²) in [4.78, 5) is 28.9. The topological polar surface area (TPSA) is 82.5 Å². The Hall–Kier alpha value is -3.70. The third-order valence-corrected chi connectivity index (χ3v) is 6.48. The lowest BCUT2D eigenvalue weighted by Crippen LogP contribution is -2.44. The Balaban J connectivity index is 1.55. The molecular weight excluding hydrogens is 485 g/mol. The first-order valence-electron chi connectivity index (χ1n) is 11.9. The van der Waals surface area contributed by atoms with Crippen LogP contribution >= 0.6 is 0 Å². The monoisotopic (exact) mass is 514 g/mol. The van der Waals surface area contributed by atoms with E-state index in [1.165, 1.54) is 31.6 Å². The number of aromatic nitrogens is 2. The van der Waals surface area contributed by atoms with Crippen molar-refractivity contribution in [2.75, 3.05) is 45.6 Å². The predicted molar refractivity (Wildman–Crippen MR) is 134 cm³/mol. The van der Waals surface area contributed by atoms with Gasteiger partial charge in [-0.05, 0) is 54.9 Å². The number of likely N-dealkylation sites (N-methyl/N-ethyl adjacent to an activating group) is 1. The van der Waals surface area contributed by atoms with Gasteiger partial charge in [-0.25, -0.2) is 4.79 Å². The van der Waals surface area contributed by atoms with Crippen LogP contribution in [0.25, 0.3) is 11.1 Å². The maximum atomic E-state index is 13.9. The zero-order valence-electron chi connectivity index (χ0n) is 20.9. The van der Waals surface area contributed by atoms with Crippen molar-refractivity contribution in [2.45, 2.75) is 19.6 Å². The third-order valence-electron chi connectivity index (χ3n) is 6.48. The number of anilines is 1. The number of carbonyl (C=O) groups excluding carboxylic acids is 2. The molecule has 0 atom stereocenters. The molecule has 1 aliphatic rings. The first-order chi connectivity index (χ1) is 17.5. The molecule has 8 nitrogen and oxygen atoms in total.